The van der Waals surface area contributed by atoms with Crippen molar-refractivity contribution in [1.82, 2.24) is 4.90 Å². The average Bonchev–Trinajstić information content (AvgIpc) is 3.17. The van der Waals surface area contributed by atoms with Crippen LogP contribution in [0.5, 0.6) is 11.5 Å². The molecule has 5 nitrogen and oxygen atoms in total. The summed E-state index contributed by atoms with van der Waals surface area (Å²) in [5.41, 5.74) is 1.14. The van der Waals surface area contributed by atoms with E-state index in [4.69, 9.17) is 9.47 Å². The maximum Gasteiger partial charge on any atom is 0.306 e. The Morgan fingerprint density at radius 2 is 2.08 bits per heavy atom. The number of carbonyl (C=O) groups is 1. The van der Waals surface area contributed by atoms with Crippen molar-refractivity contribution < 1.29 is 19.4 Å². The number of aliphatic carboxylic acids is 1. The molecule has 1 aliphatic rings. The Balaban J connectivity index is 1.91. The van der Waals surface area contributed by atoms with Gasteiger partial charge >= 0.3 is 5.97 Å². The number of likely N-dealkylation sites (tertiary alicyclic amines) is 1. The van der Waals surface area contributed by atoms with E-state index in [1.54, 1.807) is 18.4 Å². The lowest BCUT2D eigenvalue weighted by atomic mass is 9.93. The third kappa shape index (κ3) is 4.02. The van der Waals surface area contributed by atoms with Crippen LogP contribution in [0.15, 0.2) is 35.7 Å². The van der Waals surface area contributed by atoms with Crippen LogP contribution in [0.2, 0.25) is 0 Å². The summed E-state index contributed by atoms with van der Waals surface area (Å²) in [4.78, 5) is 14.9. The Hall–Kier alpha value is -2.05. The predicted octanol–water partition coefficient (Wildman–Crippen LogP) is 4.04. The molecule has 1 aliphatic heterocycles. The molecule has 3 rings (SSSR count). The number of carboxylic acid groups (broad SMARTS) is 1. The van der Waals surface area contributed by atoms with Gasteiger partial charge in [-0.1, -0.05) is 12.1 Å². The van der Waals surface area contributed by atoms with Crippen molar-refractivity contribution in [3.63, 3.8) is 0 Å². The van der Waals surface area contributed by atoms with E-state index in [0.717, 1.165) is 30.2 Å². The predicted molar refractivity (Wildman–Crippen MR) is 102 cm³/mol. The van der Waals surface area contributed by atoms with Crippen LogP contribution >= 0.6 is 11.3 Å². The maximum atomic E-state index is 11.3. The SMILES string of the molecule is CCOc1cc(C(c2cccs2)N2CCC(C(=O)O)CC2)ccc1OC. The Labute approximate surface area is 158 Å². The van der Waals surface area contributed by atoms with Gasteiger partial charge in [0, 0.05) is 4.88 Å². The molecular weight excluding hydrogens is 350 g/mol. The summed E-state index contributed by atoms with van der Waals surface area (Å²) in [6, 6.07) is 10.4. The number of rotatable bonds is 7. The molecule has 1 aromatic carbocycles. The number of hydrogen-bond acceptors (Lipinski definition) is 5. The summed E-state index contributed by atoms with van der Waals surface area (Å²) >= 11 is 1.73. The largest absolute Gasteiger partial charge is 0.493 e. The lowest BCUT2D eigenvalue weighted by Crippen LogP contribution is -2.39. The van der Waals surface area contributed by atoms with E-state index in [1.165, 1.54) is 4.88 Å². The topological polar surface area (TPSA) is 59.0 Å². The summed E-state index contributed by atoms with van der Waals surface area (Å²) < 4.78 is 11.2. The van der Waals surface area contributed by atoms with E-state index in [9.17, 15) is 9.90 Å². The van der Waals surface area contributed by atoms with E-state index < -0.39 is 5.97 Å². The number of thiophene rings is 1. The van der Waals surface area contributed by atoms with Gasteiger partial charge in [-0.15, -0.1) is 11.3 Å². The van der Waals surface area contributed by atoms with Crippen molar-refractivity contribution in [3.05, 3.63) is 46.2 Å². The number of piperidine rings is 1. The molecule has 0 saturated carbocycles. The fraction of sp³-hybridized carbons (Fsp3) is 0.450. The first-order valence-electron chi connectivity index (χ1n) is 8.95. The first kappa shape index (κ1) is 18.7. The molecule has 26 heavy (non-hydrogen) atoms. The highest BCUT2D eigenvalue weighted by Crippen LogP contribution is 2.38. The van der Waals surface area contributed by atoms with Crippen LogP contribution < -0.4 is 9.47 Å². The molecule has 1 aromatic heterocycles. The smallest absolute Gasteiger partial charge is 0.306 e. The van der Waals surface area contributed by atoms with Gasteiger partial charge in [-0.25, -0.2) is 0 Å². The molecule has 0 amide bonds. The Kier molecular flexibility index (Phi) is 6.16. The van der Waals surface area contributed by atoms with E-state index in [1.807, 2.05) is 13.0 Å². The summed E-state index contributed by atoms with van der Waals surface area (Å²) in [7, 11) is 1.64. The number of methoxy groups -OCH3 is 1. The Morgan fingerprint density at radius 1 is 1.31 bits per heavy atom. The molecule has 0 radical (unpaired) electrons. The second-order valence-electron chi connectivity index (χ2n) is 6.41. The van der Waals surface area contributed by atoms with Gasteiger partial charge in [-0.2, -0.15) is 0 Å². The summed E-state index contributed by atoms with van der Waals surface area (Å²) in [5, 5.41) is 11.4. The molecule has 1 N–H and O–H groups in total. The molecule has 0 bridgehead atoms. The highest BCUT2D eigenvalue weighted by atomic mass is 32.1. The molecule has 2 aromatic rings. The van der Waals surface area contributed by atoms with Crippen molar-refractivity contribution in [3.8, 4) is 11.5 Å². The monoisotopic (exact) mass is 375 g/mol. The van der Waals surface area contributed by atoms with Crippen LogP contribution in [0, 0.1) is 5.92 Å². The molecule has 1 unspecified atom stereocenters. The van der Waals surface area contributed by atoms with Gasteiger partial charge in [0.15, 0.2) is 11.5 Å². The number of benzene rings is 1. The zero-order valence-corrected chi connectivity index (χ0v) is 16.0. The standard InChI is InChI=1S/C20H25NO4S/c1-3-25-17-13-15(6-7-16(17)24-2)19(18-5-4-12-26-18)21-10-8-14(9-11-21)20(22)23/h4-7,12-14,19H,3,8-11H2,1-2H3,(H,22,23). The molecule has 0 aliphatic carbocycles. The van der Waals surface area contributed by atoms with Gasteiger partial charge in [0.2, 0.25) is 0 Å². The first-order chi connectivity index (χ1) is 12.6. The summed E-state index contributed by atoms with van der Waals surface area (Å²) in [5.74, 6) is 0.560. The molecule has 0 spiro atoms. The normalized spacial score (nSPS) is 17.0. The third-order valence-corrected chi connectivity index (χ3v) is 5.78. The number of nitrogens with zero attached hydrogens (tertiary/aromatic N) is 1. The molecule has 1 fully saturated rings. The van der Waals surface area contributed by atoms with Crippen molar-refractivity contribution >= 4 is 17.3 Å². The van der Waals surface area contributed by atoms with Crippen LogP contribution in [0.4, 0.5) is 0 Å². The van der Waals surface area contributed by atoms with Crippen LogP contribution in [-0.2, 0) is 4.79 Å². The van der Waals surface area contributed by atoms with Crippen LogP contribution in [0.3, 0.4) is 0 Å². The molecule has 140 valence electrons. The van der Waals surface area contributed by atoms with Crippen molar-refractivity contribution in [2.24, 2.45) is 5.92 Å². The van der Waals surface area contributed by atoms with Crippen LogP contribution in [0.25, 0.3) is 0 Å². The first-order valence-corrected chi connectivity index (χ1v) is 9.83. The molecule has 2 heterocycles. The lowest BCUT2D eigenvalue weighted by Gasteiger charge is -2.36. The van der Waals surface area contributed by atoms with Crippen LogP contribution in [-0.4, -0.2) is 42.8 Å². The molecule has 6 heteroatoms. The lowest BCUT2D eigenvalue weighted by molar-refractivity contribution is -0.143. The zero-order chi connectivity index (χ0) is 18.5. The highest BCUT2D eigenvalue weighted by molar-refractivity contribution is 7.10. The molecule has 1 saturated heterocycles. The Morgan fingerprint density at radius 3 is 2.65 bits per heavy atom. The van der Waals surface area contributed by atoms with Crippen LogP contribution in [0.1, 0.15) is 36.2 Å². The van der Waals surface area contributed by atoms with Gasteiger partial charge in [0.05, 0.1) is 25.7 Å². The van der Waals surface area contributed by atoms with Crippen molar-refractivity contribution in [1.29, 1.82) is 0 Å². The van der Waals surface area contributed by atoms with E-state index in [2.05, 4.69) is 34.5 Å². The van der Waals surface area contributed by atoms with Crippen molar-refractivity contribution in [2.75, 3.05) is 26.8 Å². The minimum Gasteiger partial charge on any atom is -0.493 e. The summed E-state index contributed by atoms with van der Waals surface area (Å²) in [6.45, 7) is 4.08. The van der Waals surface area contributed by atoms with E-state index in [-0.39, 0.29) is 12.0 Å². The third-order valence-electron chi connectivity index (χ3n) is 4.86. The van der Waals surface area contributed by atoms with E-state index >= 15 is 0 Å². The summed E-state index contributed by atoms with van der Waals surface area (Å²) in [6.07, 6.45) is 1.37. The molecule has 1 atom stereocenters. The number of ether oxygens (including phenoxy) is 2. The zero-order valence-electron chi connectivity index (χ0n) is 15.2. The second-order valence-corrected chi connectivity index (χ2v) is 7.39. The quantitative estimate of drug-likeness (QED) is 0.791. The minimum atomic E-state index is -0.680. The second kappa shape index (κ2) is 8.56. The van der Waals surface area contributed by atoms with Crippen molar-refractivity contribution in [2.45, 2.75) is 25.8 Å². The highest BCUT2D eigenvalue weighted by Gasteiger charge is 2.31. The van der Waals surface area contributed by atoms with Gasteiger partial charge in [0.1, 0.15) is 0 Å². The minimum absolute atomic E-state index is 0.106. The van der Waals surface area contributed by atoms with Gasteiger partial charge in [-0.3, -0.25) is 9.69 Å². The van der Waals surface area contributed by atoms with Gasteiger partial charge in [-0.05, 0) is 62.0 Å². The van der Waals surface area contributed by atoms with Gasteiger partial charge < -0.3 is 14.6 Å². The average molecular weight is 375 g/mol. The number of carboxylic acids is 1. The number of hydrogen-bond donors (Lipinski definition) is 1. The Bertz CT molecular complexity index is 723. The van der Waals surface area contributed by atoms with Gasteiger partial charge in [0.25, 0.3) is 0 Å². The fourth-order valence-corrected chi connectivity index (χ4v) is 4.42. The molecular formula is C20H25NO4S. The maximum absolute atomic E-state index is 11.3. The fourth-order valence-electron chi connectivity index (χ4n) is 3.54. The van der Waals surface area contributed by atoms with E-state index in [0.29, 0.717) is 19.4 Å².